The van der Waals surface area contributed by atoms with E-state index in [-0.39, 0.29) is 17.9 Å². The zero-order valence-electron chi connectivity index (χ0n) is 11.0. The van der Waals surface area contributed by atoms with Crippen LogP contribution in [0.4, 0.5) is 10.2 Å². The van der Waals surface area contributed by atoms with Crippen LogP contribution in [-0.4, -0.2) is 22.6 Å². The van der Waals surface area contributed by atoms with Gasteiger partial charge in [0.2, 0.25) is 0 Å². The van der Waals surface area contributed by atoms with E-state index in [1.54, 1.807) is 6.07 Å². The average molecular weight is 278 g/mol. The lowest BCUT2D eigenvalue weighted by Crippen LogP contribution is -2.24. The predicted molar refractivity (Wildman–Crippen MR) is 70.6 cm³/mol. The van der Waals surface area contributed by atoms with Crippen LogP contribution < -0.4 is 10.6 Å². The van der Waals surface area contributed by atoms with Gasteiger partial charge in [0.1, 0.15) is 12.0 Å². The molecule has 0 fully saturated rings. The van der Waals surface area contributed by atoms with Crippen molar-refractivity contribution in [3.8, 4) is 0 Å². The standard InChI is InChI=1S/C13H15FN4O2/c1-2-5-15-12-11(14)10(3-6-16-12)13(19)17-8-9-4-7-20-18-9/h3-4,6-7H,2,5,8H2,1H3,(H,15,16)(H,17,19). The van der Waals surface area contributed by atoms with Crippen LogP contribution in [0.5, 0.6) is 0 Å². The van der Waals surface area contributed by atoms with E-state index in [1.165, 1.54) is 18.5 Å². The summed E-state index contributed by atoms with van der Waals surface area (Å²) in [7, 11) is 0. The van der Waals surface area contributed by atoms with E-state index in [1.807, 2.05) is 6.92 Å². The van der Waals surface area contributed by atoms with Crippen molar-refractivity contribution in [3.05, 3.63) is 41.7 Å². The monoisotopic (exact) mass is 278 g/mol. The number of amides is 1. The minimum Gasteiger partial charge on any atom is -0.368 e. The van der Waals surface area contributed by atoms with E-state index >= 15 is 0 Å². The lowest BCUT2D eigenvalue weighted by Gasteiger charge is -2.08. The van der Waals surface area contributed by atoms with E-state index in [0.29, 0.717) is 12.2 Å². The SMILES string of the molecule is CCCNc1nccc(C(=O)NCc2ccon2)c1F. The van der Waals surface area contributed by atoms with Gasteiger partial charge < -0.3 is 15.2 Å². The predicted octanol–water partition coefficient (Wildman–Crippen LogP) is 1.96. The first-order valence-electron chi connectivity index (χ1n) is 6.28. The number of rotatable bonds is 6. The Labute approximate surface area is 115 Å². The molecule has 2 rings (SSSR count). The van der Waals surface area contributed by atoms with Crippen molar-refractivity contribution < 1.29 is 13.7 Å². The third-order valence-corrected chi connectivity index (χ3v) is 2.60. The number of carbonyl (C=O) groups excluding carboxylic acids is 1. The Kier molecular flexibility index (Phi) is 4.65. The van der Waals surface area contributed by atoms with Crippen LogP contribution in [0.1, 0.15) is 29.4 Å². The Bertz CT molecular complexity index is 572. The molecule has 7 heteroatoms. The van der Waals surface area contributed by atoms with Crippen LogP contribution in [0.2, 0.25) is 0 Å². The molecule has 2 N–H and O–H groups in total. The second-order valence-corrected chi connectivity index (χ2v) is 4.12. The molecule has 106 valence electrons. The molecule has 0 bridgehead atoms. The van der Waals surface area contributed by atoms with Crippen molar-refractivity contribution in [2.24, 2.45) is 0 Å². The van der Waals surface area contributed by atoms with Gasteiger partial charge in [-0.2, -0.15) is 0 Å². The number of hydrogen-bond acceptors (Lipinski definition) is 5. The highest BCUT2D eigenvalue weighted by molar-refractivity contribution is 5.95. The first kappa shape index (κ1) is 14.0. The smallest absolute Gasteiger partial charge is 0.254 e. The molecule has 1 amide bonds. The number of carbonyl (C=O) groups is 1. The van der Waals surface area contributed by atoms with Gasteiger partial charge in [-0.3, -0.25) is 4.79 Å². The maximum absolute atomic E-state index is 14.1. The molecule has 0 spiro atoms. The Morgan fingerprint density at radius 1 is 1.45 bits per heavy atom. The zero-order chi connectivity index (χ0) is 14.4. The molecule has 0 aromatic carbocycles. The van der Waals surface area contributed by atoms with Gasteiger partial charge in [0.15, 0.2) is 11.6 Å². The maximum Gasteiger partial charge on any atom is 0.254 e. The van der Waals surface area contributed by atoms with E-state index in [9.17, 15) is 9.18 Å². The van der Waals surface area contributed by atoms with Gasteiger partial charge in [0.05, 0.1) is 12.1 Å². The quantitative estimate of drug-likeness (QED) is 0.844. The zero-order valence-corrected chi connectivity index (χ0v) is 11.0. The minimum atomic E-state index is -0.654. The number of halogens is 1. The summed E-state index contributed by atoms with van der Waals surface area (Å²) in [5.41, 5.74) is 0.513. The topological polar surface area (TPSA) is 80.0 Å². The number of aromatic nitrogens is 2. The molecule has 6 nitrogen and oxygen atoms in total. The number of hydrogen-bond donors (Lipinski definition) is 2. The molecule has 2 aromatic rings. The van der Waals surface area contributed by atoms with Crippen LogP contribution in [-0.2, 0) is 6.54 Å². The normalized spacial score (nSPS) is 10.3. The van der Waals surface area contributed by atoms with E-state index in [2.05, 4.69) is 25.3 Å². The Balaban J connectivity index is 2.05. The third kappa shape index (κ3) is 3.31. The van der Waals surface area contributed by atoms with Crippen LogP contribution in [0.3, 0.4) is 0 Å². The summed E-state index contributed by atoms with van der Waals surface area (Å²) in [5, 5.41) is 9.06. The number of nitrogens with one attached hydrogen (secondary N) is 2. The Morgan fingerprint density at radius 3 is 3.00 bits per heavy atom. The molecule has 0 saturated carbocycles. The van der Waals surface area contributed by atoms with Gasteiger partial charge in [0.25, 0.3) is 5.91 Å². The van der Waals surface area contributed by atoms with Crippen LogP contribution >= 0.6 is 0 Å². The number of anilines is 1. The molecule has 0 aliphatic heterocycles. The highest BCUT2D eigenvalue weighted by atomic mass is 19.1. The maximum atomic E-state index is 14.1. The highest BCUT2D eigenvalue weighted by Crippen LogP contribution is 2.15. The summed E-state index contributed by atoms with van der Waals surface area (Å²) in [6.45, 7) is 2.72. The molecule has 0 saturated heterocycles. The van der Waals surface area contributed by atoms with Gasteiger partial charge >= 0.3 is 0 Å². The fourth-order valence-electron chi connectivity index (χ4n) is 1.58. The Hall–Kier alpha value is -2.44. The number of nitrogens with zero attached hydrogens (tertiary/aromatic N) is 2. The summed E-state index contributed by atoms with van der Waals surface area (Å²) in [5.74, 6) is -1.09. The fraction of sp³-hybridized carbons (Fsp3) is 0.308. The van der Waals surface area contributed by atoms with Crippen LogP contribution in [0, 0.1) is 5.82 Å². The first-order valence-corrected chi connectivity index (χ1v) is 6.28. The van der Waals surface area contributed by atoms with Gasteiger partial charge in [0, 0.05) is 18.8 Å². The summed E-state index contributed by atoms with van der Waals surface area (Å²) in [6, 6.07) is 2.96. The second-order valence-electron chi connectivity index (χ2n) is 4.12. The lowest BCUT2D eigenvalue weighted by atomic mass is 10.2. The average Bonchev–Trinajstić information content (AvgIpc) is 2.97. The van der Waals surface area contributed by atoms with Gasteiger partial charge in [-0.1, -0.05) is 12.1 Å². The molecule has 20 heavy (non-hydrogen) atoms. The summed E-state index contributed by atoms with van der Waals surface area (Å²) >= 11 is 0. The second kappa shape index (κ2) is 6.65. The van der Waals surface area contributed by atoms with E-state index in [4.69, 9.17) is 0 Å². The largest absolute Gasteiger partial charge is 0.368 e. The van der Waals surface area contributed by atoms with Crippen molar-refractivity contribution in [2.75, 3.05) is 11.9 Å². The Morgan fingerprint density at radius 2 is 2.30 bits per heavy atom. The van der Waals surface area contributed by atoms with Gasteiger partial charge in [-0.15, -0.1) is 0 Å². The van der Waals surface area contributed by atoms with Crippen LogP contribution in [0.25, 0.3) is 0 Å². The van der Waals surface area contributed by atoms with Crippen LogP contribution in [0.15, 0.2) is 29.1 Å². The number of pyridine rings is 1. The third-order valence-electron chi connectivity index (χ3n) is 2.60. The molecule has 0 atom stereocenters. The molecule has 2 heterocycles. The van der Waals surface area contributed by atoms with Crippen molar-refractivity contribution in [1.29, 1.82) is 0 Å². The molecule has 0 radical (unpaired) electrons. The lowest BCUT2D eigenvalue weighted by molar-refractivity contribution is 0.0946. The van der Waals surface area contributed by atoms with Gasteiger partial charge in [-0.25, -0.2) is 9.37 Å². The summed E-state index contributed by atoms with van der Waals surface area (Å²) in [6.07, 6.45) is 3.64. The highest BCUT2D eigenvalue weighted by Gasteiger charge is 2.15. The van der Waals surface area contributed by atoms with Crippen molar-refractivity contribution in [3.63, 3.8) is 0 Å². The summed E-state index contributed by atoms with van der Waals surface area (Å²) in [4.78, 5) is 15.8. The molecular weight excluding hydrogens is 263 g/mol. The van der Waals surface area contributed by atoms with Crippen molar-refractivity contribution >= 4 is 11.7 Å². The molecule has 0 aliphatic rings. The van der Waals surface area contributed by atoms with Gasteiger partial charge in [-0.05, 0) is 12.5 Å². The van der Waals surface area contributed by atoms with Crippen molar-refractivity contribution in [2.45, 2.75) is 19.9 Å². The summed E-state index contributed by atoms with van der Waals surface area (Å²) < 4.78 is 18.7. The molecule has 0 aliphatic carbocycles. The molecule has 2 aromatic heterocycles. The minimum absolute atomic E-state index is 0.0536. The first-order chi connectivity index (χ1) is 9.72. The molecular formula is C13H15FN4O2. The fourth-order valence-corrected chi connectivity index (χ4v) is 1.58. The molecule has 0 unspecified atom stereocenters. The van der Waals surface area contributed by atoms with E-state index < -0.39 is 11.7 Å². The van der Waals surface area contributed by atoms with E-state index in [0.717, 1.165) is 6.42 Å². The van der Waals surface area contributed by atoms with Crippen molar-refractivity contribution in [1.82, 2.24) is 15.5 Å².